The lowest BCUT2D eigenvalue weighted by Crippen LogP contribution is -1.92. The van der Waals surface area contributed by atoms with Gasteiger partial charge in [-0.15, -0.1) is 0 Å². The Hall–Kier alpha value is -1.64. The van der Waals surface area contributed by atoms with Crippen LogP contribution in [-0.2, 0) is 0 Å². The van der Waals surface area contributed by atoms with Gasteiger partial charge in [0.15, 0.2) is 0 Å². The van der Waals surface area contributed by atoms with Crippen LogP contribution in [0.2, 0.25) is 0 Å². The lowest BCUT2D eigenvalue weighted by molar-refractivity contribution is 0.618. The van der Waals surface area contributed by atoms with Crippen molar-refractivity contribution in [3.63, 3.8) is 0 Å². The summed E-state index contributed by atoms with van der Waals surface area (Å²) in [6.07, 6.45) is 3.75. The Morgan fingerprint density at radius 1 is 1.31 bits per heavy atom. The average molecular weight is 218 g/mol. The topological polar surface area (TPSA) is 17.8 Å². The lowest BCUT2D eigenvalue weighted by atomic mass is 10.1. The predicted octanol–water partition coefficient (Wildman–Crippen LogP) is 3.44. The molecule has 0 aliphatic carbocycles. The van der Waals surface area contributed by atoms with E-state index < -0.39 is 0 Å². The summed E-state index contributed by atoms with van der Waals surface area (Å²) in [6, 6.07) is 5.06. The van der Waals surface area contributed by atoms with Crippen LogP contribution in [0.25, 0.3) is 5.69 Å². The third-order valence-corrected chi connectivity index (χ3v) is 2.63. The highest BCUT2D eigenvalue weighted by Gasteiger charge is 2.05. The maximum absolute atomic E-state index is 13.1. The molecule has 0 spiro atoms. The summed E-state index contributed by atoms with van der Waals surface area (Å²) in [7, 11) is 0. The third kappa shape index (κ3) is 1.98. The van der Waals surface area contributed by atoms with E-state index in [9.17, 15) is 4.39 Å². The number of nitrogens with zero attached hydrogens (tertiary/aromatic N) is 2. The van der Waals surface area contributed by atoms with Gasteiger partial charge >= 0.3 is 0 Å². The van der Waals surface area contributed by atoms with Gasteiger partial charge in [0.25, 0.3) is 0 Å². The van der Waals surface area contributed by atoms with Crippen molar-refractivity contribution in [2.45, 2.75) is 26.7 Å². The Labute approximate surface area is 94.8 Å². The van der Waals surface area contributed by atoms with E-state index in [0.717, 1.165) is 11.4 Å². The smallest absolute Gasteiger partial charge is 0.126 e. The van der Waals surface area contributed by atoms with Crippen LogP contribution in [0.4, 0.5) is 4.39 Å². The number of imidazole rings is 1. The van der Waals surface area contributed by atoms with Gasteiger partial charge in [-0.3, -0.25) is 0 Å². The molecule has 2 rings (SSSR count). The van der Waals surface area contributed by atoms with Crippen molar-refractivity contribution >= 4 is 0 Å². The summed E-state index contributed by atoms with van der Waals surface area (Å²) in [5.74, 6) is 0.232. The van der Waals surface area contributed by atoms with Crippen molar-refractivity contribution in [2.75, 3.05) is 0 Å². The minimum Gasteiger partial charge on any atom is -0.306 e. The van der Waals surface area contributed by atoms with Gasteiger partial charge in [0.2, 0.25) is 0 Å². The third-order valence-electron chi connectivity index (χ3n) is 2.63. The van der Waals surface area contributed by atoms with Crippen molar-refractivity contribution in [1.82, 2.24) is 9.55 Å². The first-order valence-electron chi connectivity index (χ1n) is 5.38. The number of hydrogen-bond acceptors (Lipinski definition) is 1. The molecule has 0 atom stereocenters. The first-order chi connectivity index (χ1) is 7.58. The fourth-order valence-electron chi connectivity index (χ4n) is 1.57. The minimum atomic E-state index is -0.173. The maximum Gasteiger partial charge on any atom is 0.126 e. The number of rotatable bonds is 2. The Balaban J connectivity index is 2.39. The molecule has 84 valence electrons. The molecule has 0 aliphatic heterocycles. The summed E-state index contributed by atoms with van der Waals surface area (Å²) in [4.78, 5) is 4.31. The van der Waals surface area contributed by atoms with Crippen LogP contribution in [0.5, 0.6) is 0 Å². The van der Waals surface area contributed by atoms with E-state index in [1.807, 2.05) is 16.8 Å². The molecule has 0 amide bonds. The molecule has 2 aromatic rings. The molecular weight excluding hydrogens is 203 g/mol. The second kappa shape index (κ2) is 4.08. The average Bonchev–Trinajstić information content (AvgIpc) is 2.71. The molecule has 0 saturated carbocycles. The molecule has 1 aromatic carbocycles. The van der Waals surface area contributed by atoms with Crippen LogP contribution < -0.4 is 0 Å². The van der Waals surface area contributed by atoms with Gasteiger partial charge in [-0.1, -0.05) is 13.8 Å². The normalized spacial score (nSPS) is 11.1. The number of halogens is 1. The molecule has 0 saturated heterocycles. The van der Waals surface area contributed by atoms with Crippen LogP contribution in [0, 0.1) is 12.7 Å². The second-order valence-electron chi connectivity index (χ2n) is 4.29. The molecule has 0 fully saturated rings. The van der Waals surface area contributed by atoms with Crippen molar-refractivity contribution in [3.05, 3.63) is 47.8 Å². The molecule has 1 aromatic heterocycles. The molecule has 0 unspecified atom stereocenters. The summed E-state index contributed by atoms with van der Waals surface area (Å²) < 4.78 is 15.0. The van der Waals surface area contributed by atoms with Crippen LogP contribution >= 0.6 is 0 Å². The predicted molar refractivity (Wildman–Crippen MR) is 62.3 cm³/mol. The van der Waals surface area contributed by atoms with Crippen molar-refractivity contribution in [3.8, 4) is 5.69 Å². The van der Waals surface area contributed by atoms with Gasteiger partial charge in [0.1, 0.15) is 5.82 Å². The molecule has 0 aliphatic rings. The number of benzene rings is 1. The molecule has 1 heterocycles. The highest BCUT2D eigenvalue weighted by atomic mass is 19.1. The molecule has 3 heteroatoms. The highest BCUT2D eigenvalue weighted by molar-refractivity contribution is 5.36. The second-order valence-corrected chi connectivity index (χ2v) is 4.29. The summed E-state index contributed by atoms with van der Waals surface area (Å²) in [6.45, 7) is 5.96. The van der Waals surface area contributed by atoms with E-state index in [0.29, 0.717) is 11.5 Å². The maximum atomic E-state index is 13.1. The Kier molecular flexibility index (Phi) is 2.77. The van der Waals surface area contributed by atoms with E-state index in [1.54, 1.807) is 19.3 Å². The van der Waals surface area contributed by atoms with Gasteiger partial charge in [-0.25, -0.2) is 9.37 Å². The van der Waals surface area contributed by atoms with Gasteiger partial charge in [0, 0.05) is 11.9 Å². The fourth-order valence-corrected chi connectivity index (χ4v) is 1.57. The van der Waals surface area contributed by atoms with Gasteiger partial charge in [0.05, 0.1) is 12.0 Å². The molecule has 2 nitrogen and oxygen atoms in total. The van der Waals surface area contributed by atoms with E-state index in [-0.39, 0.29) is 5.82 Å². The van der Waals surface area contributed by atoms with E-state index in [4.69, 9.17) is 0 Å². The Bertz CT molecular complexity index is 500. The first-order valence-corrected chi connectivity index (χ1v) is 5.38. The zero-order valence-electron chi connectivity index (χ0n) is 9.74. The highest BCUT2D eigenvalue weighted by Crippen LogP contribution is 2.17. The summed E-state index contributed by atoms with van der Waals surface area (Å²) in [5.41, 5.74) is 2.64. The van der Waals surface area contributed by atoms with Gasteiger partial charge in [-0.2, -0.15) is 0 Å². The standard InChI is InChI=1S/C13H15FN2/c1-9(2)13-7-16(8-15-13)11-4-5-12(14)10(3)6-11/h4-9H,1-3H3. The molecule has 0 radical (unpaired) electrons. The van der Waals surface area contributed by atoms with Crippen molar-refractivity contribution < 1.29 is 4.39 Å². The Morgan fingerprint density at radius 3 is 2.62 bits per heavy atom. The quantitative estimate of drug-likeness (QED) is 0.755. The zero-order chi connectivity index (χ0) is 11.7. The largest absolute Gasteiger partial charge is 0.306 e. The summed E-state index contributed by atoms with van der Waals surface area (Å²) >= 11 is 0. The van der Waals surface area contributed by atoms with Crippen molar-refractivity contribution in [2.24, 2.45) is 0 Å². The van der Waals surface area contributed by atoms with E-state index in [2.05, 4.69) is 18.8 Å². The van der Waals surface area contributed by atoms with Gasteiger partial charge < -0.3 is 4.57 Å². The van der Waals surface area contributed by atoms with E-state index in [1.165, 1.54) is 6.07 Å². The van der Waals surface area contributed by atoms with Crippen LogP contribution in [0.3, 0.4) is 0 Å². The zero-order valence-corrected chi connectivity index (χ0v) is 9.74. The molecular formula is C13H15FN2. The number of hydrogen-bond donors (Lipinski definition) is 0. The SMILES string of the molecule is Cc1cc(-n2cnc(C(C)C)c2)ccc1F. The minimum absolute atomic E-state index is 0.173. The van der Waals surface area contributed by atoms with Gasteiger partial charge in [-0.05, 0) is 36.6 Å². The Morgan fingerprint density at radius 2 is 2.06 bits per heavy atom. The van der Waals surface area contributed by atoms with Crippen LogP contribution in [-0.4, -0.2) is 9.55 Å². The number of aryl methyl sites for hydroxylation is 1. The lowest BCUT2D eigenvalue weighted by Gasteiger charge is -2.04. The van der Waals surface area contributed by atoms with Crippen LogP contribution in [0.15, 0.2) is 30.7 Å². The monoisotopic (exact) mass is 218 g/mol. The molecule has 0 bridgehead atoms. The summed E-state index contributed by atoms with van der Waals surface area (Å²) in [5, 5.41) is 0. The van der Waals surface area contributed by atoms with Crippen LogP contribution in [0.1, 0.15) is 31.0 Å². The van der Waals surface area contributed by atoms with E-state index >= 15 is 0 Å². The number of aromatic nitrogens is 2. The molecule has 0 N–H and O–H groups in total. The first kappa shape index (κ1) is 10.9. The fraction of sp³-hybridized carbons (Fsp3) is 0.308. The molecule has 16 heavy (non-hydrogen) atoms. The van der Waals surface area contributed by atoms with Crippen molar-refractivity contribution in [1.29, 1.82) is 0 Å².